The zero-order valence-corrected chi connectivity index (χ0v) is 35.2. The summed E-state index contributed by atoms with van der Waals surface area (Å²) in [5.74, 6) is 1.76. The minimum absolute atomic E-state index is 0.0311. The quantitative estimate of drug-likeness (QED) is 0.177. The first kappa shape index (κ1) is 35.6. The second-order valence-corrected chi connectivity index (χ2v) is 18.0. The molecule has 64 heavy (non-hydrogen) atoms. The van der Waals surface area contributed by atoms with E-state index < -0.39 is 0 Å². The molecule has 1 aliphatic rings. The van der Waals surface area contributed by atoms with Gasteiger partial charge in [0.1, 0.15) is 22.3 Å². The highest BCUT2D eigenvalue weighted by atomic mass is 32.1. The predicted molar refractivity (Wildman–Crippen MR) is 263 cm³/mol. The summed E-state index contributed by atoms with van der Waals surface area (Å²) >= 11 is 1.79. The number of hydrogen-bond donors (Lipinski definition) is 0. The monoisotopic (exact) mass is 837 g/mol. The average molecular weight is 838 g/mol. The van der Waals surface area contributed by atoms with Crippen molar-refractivity contribution >= 4 is 86.2 Å². The first-order valence-corrected chi connectivity index (χ1v) is 22.7. The molecule has 1 atom stereocenters. The van der Waals surface area contributed by atoms with E-state index in [1.54, 1.807) is 11.3 Å². The van der Waals surface area contributed by atoms with E-state index in [-0.39, 0.29) is 5.92 Å². The molecule has 0 N–H and O–H groups in total. The summed E-state index contributed by atoms with van der Waals surface area (Å²) in [7, 11) is 0. The third kappa shape index (κ3) is 5.46. The normalized spacial score (nSPS) is 14.0. The van der Waals surface area contributed by atoms with E-state index in [1.807, 2.05) is 24.3 Å². The first-order valence-electron chi connectivity index (χ1n) is 21.8. The minimum Gasteiger partial charge on any atom is -0.456 e. The van der Waals surface area contributed by atoms with E-state index in [2.05, 4.69) is 158 Å². The Morgan fingerprint density at radius 2 is 1.03 bits per heavy atom. The number of benzene rings is 9. The summed E-state index contributed by atoms with van der Waals surface area (Å²) < 4.78 is 15.9. The standard InChI is InChI=1S/C58H35N3O2S/c1-2-12-34-30-48-35(29-33(34)11-1)21-26-45(38-13-3-4-14-39(38)48)54-47(28-27-46-41-16-6-9-19-50(41)63-55(46)54)58-60-56(36-22-24-42-40-15-5-8-18-49(40)62-51(42)31-36)59-57(61-58)37-23-25-44-43-17-7-10-20-52(43)64-53(44)32-37/h1-20,22-25,27-32,45H,21,26H2. The maximum Gasteiger partial charge on any atom is 0.164 e. The zero-order chi connectivity index (χ0) is 41.9. The van der Waals surface area contributed by atoms with Gasteiger partial charge in [-0.1, -0.05) is 127 Å². The highest BCUT2D eigenvalue weighted by molar-refractivity contribution is 7.25. The molecule has 0 saturated heterocycles. The molecule has 13 aromatic rings. The van der Waals surface area contributed by atoms with Crippen LogP contribution in [0, 0.1) is 0 Å². The van der Waals surface area contributed by atoms with Gasteiger partial charge < -0.3 is 8.83 Å². The van der Waals surface area contributed by atoms with Gasteiger partial charge in [0.15, 0.2) is 17.5 Å². The molecule has 0 radical (unpaired) electrons. The summed E-state index contributed by atoms with van der Waals surface area (Å²) in [4.78, 5) is 16.2. The third-order valence-electron chi connectivity index (χ3n) is 13.4. The van der Waals surface area contributed by atoms with E-state index in [4.69, 9.17) is 23.8 Å². The number of fused-ring (bicyclic) bond motifs is 13. The summed E-state index contributed by atoms with van der Waals surface area (Å²) in [6.45, 7) is 0. The Bertz CT molecular complexity index is 3930. The molecule has 0 saturated carbocycles. The Hall–Kier alpha value is -7.93. The Labute approximate surface area is 370 Å². The molecule has 0 spiro atoms. The molecule has 4 heterocycles. The van der Waals surface area contributed by atoms with Gasteiger partial charge in [0.2, 0.25) is 0 Å². The smallest absolute Gasteiger partial charge is 0.164 e. The van der Waals surface area contributed by atoms with Crippen LogP contribution < -0.4 is 0 Å². The van der Waals surface area contributed by atoms with Gasteiger partial charge in [-0.2, -0.15) is 0 Å². The zero-order valence-electron chi connectivity index (χ0n) is 34.4. The lowest BCUT2D eigenvalue weighted by atomic mass is 9.82. The first-order chi connectivity index (χ1) is 31.7. The van der Waals surface area contributed by atoms with Crippen molar-refractivity contribution < 1.29 is 8.83 Å². The van der Waals surface area contributed by atoms with Crippen molar-refractivity contribution in [1.29, 1.82) is 0 Å². The highest BCUT2D eigenvalue weighted by Gasteiger charge is 2.31. The molecule has 9 aromatic carbocycles. The van der Waals surface area contributed by atoms with Crippen LogP contribution in [0.3, 0.4) is 0 Å². The number of rotatable bonds is 4. The minimum atomic E-state index is -0.0311. The topological polar surface area (TPSA) is 65.0 Å². The number of aryl methyl sites for hydroxylation is 1. The van der Waals surface area contributed by atoms with Crippen molar-refractivity contribution in [3.63, 3.8) is 0 Å². The van der Waals surface area contributed by atoms with Crippen molar-refractivity contribution in [3.8, 4) is 45.3 Å². The van der Waals surface area contributed by atoms with Crippen LogP contribution in [0.4, 0.5) is 0 Å². The number of thiophene rings is 1. The largest absolute Gasteiger partial charge is 0.456 e. The van der Waals surface area contributed by atoms with E-state index in [1.165, 1.54) is 53.2 Å². The van der Waals surface area contributed by atoms with Gasteiger partial charge in [0, 0.05) is 69.9 Å². The lowest BCUT2D eigenvalue weighted by molar-refractivity contribution is 0.647. The molecule has 0 bridgehead atoms. The summed E-state index contributed by atoms with van der Waals surface area (Å²) in [5, 5.41) is 9.31. The van der Waals surface area contributed by atoms with Crippen LogP contribution in [0.25, 0.3) is 120 Å². The van der Waals surface area contributed by atoms with Gasteiger partial charge in [0.05, 0.1) is 0 Å². The molecule has 0 aliphatic heterocycles. The van der Waals surface area contributed by atoms with Crippen molar-refractivity contribution in [3.05, 3.63) is 199 Å². The summed E-state index contributed by atoms with van der Waals surface area (Å²) in [5.41, 5.74) is 12.3. The summed E-state index contributed by atoms with van der Waals surface area (Å²) in [6, 6.07) is 64.8. The number of hydrogen-bond acceptors (Lipinski definition) is 6. The van der Waals surface area contributed by atoms with Gasteiger partial charge in [-0.3, -0.25) is 0 Å². The van der Waals surface area contributed by atoms with Crippen molar-refractivity contribution in [1.82, 2.24) is 15.0 Å². The van der Waals surface area contributed by atoms with Crippen LogP contribution in [0.5, 0.6) is 0 Å². The van der Waals surface area contributed by atoms with Crippen LogP contribution >= 0.6 is 11.3 Å². The third-order valence-corrected chi connectivity index (χ3v) is 14.5. The fraction of sp³-hybridized carbons (Fsp3) is 0.0517. The molecule has 0 fully saturated rings. The van der Waals surface area contributed by atoms with Crippen LogP contribution in [0.15, 0.2) is 191 Å². The number of nitrogens with zero attached hydrogens (tertiary/aromatic N) is 3. The van der Waals surface area contributed by atoms with E-state index >= 15 is 0 Å². The van der Waals surface area contributed by atoms with E-state index in [0.717, 1.165) is 79.0 Å². The van der Waals surface area contributed by atoms with Gasteiger partial charge in [0.25, 0.3) is 0 Å². The van der Waals surface area contributed by atoms with Crippen LogP contribution in [0.2, 0.25) is 0 Å². The number of aromatic nitrogens is 3. The van der Waals surface area contributed by atoms with E-state index in [0.29, 0.717) is 17.5 Å². The van der Waals surface area contributed by atoms with Crippen LogP contribution in [-0.2, 0) is 6.42 Å². The van der Waals surface area contributed by atoms with Gasteiger partial charge >= 0.3 is 0 Å². The van der Waals surface area contributed by atoms with Crippen LogP contribution in [-0.4, -0.2) is 15.0 Å². The predicted octanol–water partition coefficient (Wildman–Crippen LogP) is 15.9. The Kier molecular flexibility index (Phi) is 7.68. The fourth-order valence-electron chi connectivity index (χ4n) is 10.4. The van der Waals surface area contributed by atoms with Crippen molar-refractivity contribution in [2.45, 2.75) is 18.8 Å². The molecule has 1 aliphatic carbocycles. The summed E-state index contributed by atoms with van der Waals surface area (Å²) in [6.07, 6.45) is 1.78. The molecule has 5 nitrogen and oxygen atoms in total. The Morgan fingerprint density at radius 3 is 1.88 bits per heavy atom. The molecule has 14 rings (SSSR count). The number of para-hydroxylation sites is 2. The molecule has 1 unspecified atom stereocenters. The van der Waals surface area contributed by atoms with E-state index in [9.17, 15) is 0 Å². The van der Waals surface area contributed by atoms with Crippen molar-refractivity contribution in [2.24, 2.45) is 0 Å². The lowest BCUT2D eigenvalue weighted by Crippen LogP contribution is -2.07. The highest BCUT2D eigenvalue weighted by Crippen LogP contribution is 2.49. The number of furan rings is 2. The molecule has 300 valence electrons. The van der Waals surface area contributed by atoms with Crippen molar-refractivity contribution in [2.75, 3.05) is 0 Å². The molecular formula is C58H35N3O2S. The SMILES string of the molecule is c1ccc2c(c1)-c1cc3ccccc3cc1CCC2c1c(-c2nc(-c3ccc4c(c3)oc3ccccc34)nc(-c3ccc4c(c3)sc3ccccc34)n2)ccc2c1oc1ccccc12. The van der Waals surface area contributed by atoms with Gasteiger partial charge in [-0.05, 0) is 100 Å². The lowest BCUT2D eigenvalue weighted by Gasteiger charge is -2.22. The second-order valence-electron chi connectivity index (χ2n) is 17.0. The second kappa shape index (κ2) is 13.8. The Morgan fingerprint density at radius 1 is 0.422 bits per heavy atom. The fourth-order valence-corrected chi connectivity index (χ4v) is 11.5. The molecular weight excluding hydrogens is 803 g/mol. The molecule has 6 heteroatoms. The maximum atomic E-state index is 7.00. The molecule has 4 aromatic heterocycles. The maximum absolute atomic E-state index is 7.00. The Balaban J connectivity index is 1.03. The average Bonchev–Trinajstić information content (AvgIpc) is 4.01. The molecule has 0 amide bonds. The van der Waals surface area contributed by atoms with Crippen LogP contribution in [0.1, 0.15) is 29.0 Å². The van der Waals surface area contributed by atoms with Gasteiger partial charge in [-0.15, -0.1) is 11.3 Å². The van der Waals surface area contributed by atoms with Gasteiger partial charge in [-0.25, -0.2) is 15.0 Å².